The van der Waals surface area contributed by atoms with Crippen molar-refractivity contribution in [3.8, 4) is 0 Å². The number of alkyl halides is 3. The Labute approximate surface area is 110 Å². The number of amides is 2. The van der Waals surface area contributed by atoms with E-state index in [9.17, 15) is 22.8 Å². The molecule has 7 nitrogen and oxygen atoms in total. The van der Waals surface area contributed by atoms with Crippen molar-refractivity contribution in [2.45, 2.75) is 12.6 Å². The van der Waals surface area contributed by atoms with Crippen molar-refractivity contribution in [2.75, 3.05) is 18.4 Å². The Morgan fingerprint density at radius 2 is 2.20 bits per heavy atom. The van der Waals surface area contributed by atoms with Gasteiger partial charge < -0.3 is 15.3 Å². The van der Waals surface area contributed by atoms with Crippen molar-refractivity contribution in [1.29, 1.82) is 0 Å². The molecule has 1 unspecified atom stereocenters. The number of hydrogen-bond donors (Lipinski definition) is 3. The Bertz CT molecular complexity index is 516. The summed E-state index contributed by atoms with van der Waals surface area (Å²) in [4.78, 5) is 23.6. The molecule has 2 heterocycles. The van der Waals surface area contributed by atoms with Crippen LogP contribution in [0.25, 0.3) is 0 Å². The molecule has 0 aliphatic carbocycles. The average molecular weight is 292 g/mol. The van der Waals surface area contributed by atoms with E-state index in [1.54, 1.807) is 0 Å². The summed E-state index contributed by atoms with van der Waals surface area (Å²) in [6.07, 6.45) is -2.95. The molecule has 0 radical (unpaired) electrons. The maximum absolute atomic E-state index is 12.9. The monoisotopic (exact) mass is 292 g/mol. The molecule has 1 aliphatic heterocycles. The zero-order chi connectivity index (χ0) is 15.0. The van der Waals surface area contributed by atoms with Gasteiger partial charge in [-0.05, 0) is 6.42 Å². The van der Waals surface area contributed by atoms with Crippen LogP contribution < -0.4 is 5.32 Å². The van der Waals surface area contributed by atoms with E-state index >= 15 is 0 Å². The van der Waals surface area contributed by atoms with Crippen LogP contribution in [0.4, 0.5) is 23.7 Å². The van der Waals surface area contributed by atoms with Crippen molar-refractivity contribution < 1.29 is 27.9 Å². The van der Waals surface area contributed by atoms with Crippen molar-refractivity contribution >= 4 is 17.7 Å². The lowest BCUT2D eigenvalue weighted by atomic mass is 9.86. The Morgan fingerprint density at radius 1 is 1.50 bits per heavy atom. The predicted molar refractivity (Wildman–Crippen MR) is 59.9 cm³/mol. The number of nitrogens with zero attached hydrogens (tertiary/aromatic N) is 2. The molecule has 2 rings (SSSR count). The van der Waals surface area contributed by atoms with E-state index in [2.05, 4.69) is 15.5 Å². The molecule has 1 saturated heterocycles. The van der Waals surface area contributed by atoms with E-state index in [1.807, 2.05) is 0 Å². The summed E-state index contributed by atoms with van der Waals surface area (Å²) in [5.74, 6) is -1.97. The number of nitrogens with one attached hydrogen (secondary N) is 2. The molecule has 1 atom stereocenters. The standard InChI is InChI=1S/C10H11F3N4O3/c11-10(12,13)9(7(18)19)1-2-17(5-9)8(20)16-6-3-14-15-4-6/h3-4H,1-2,5H2,(H,14,15)(H,16,20)(H,18,19). The molecule has 0 saturated carbocycles. The highest BCUT2D eigenvalue weighted by atomic mass is 19.4. The zero-order valence-corrected chi connectivity index (χ0v) is 10.1. The molecule has 1 aromatic heterocycles. The minimum atomic E-state index is -4.91. The second-order valence-corrected chi connectivity index (χ2v) is 4.47. The van der Waals surface area contributed by atoms with Gasteiger partial charge in [-0.2, -0.15) is 18.3 Å². The van der Waals surface area contributed by atoms with Crippen molar-refractivity contribution in [3.63, 3.8) is 0 Å². The minimum absolute atomic E-state index is 0.282. The summed E-state index contributed by atoms with van der Waals surface area (Å²) < 4.78 is 38.8. The lowest BCUT2D eigenvalue weighted by Crippen LogP contribution is -2.48. The van der Waals surface area contributed by atoms with Gasteiger partial charge in [0, 0.05) is 19.3 Å². The summed E-state index contributed by atoms with van der Waals surface area (Å²) in [5, 5.41) is 17.2. The van der Waals surface area contributed by atoms with Crippen LogP contribution in [0.3, 0.4) is 0 Å². The summed E-state index contributed by atoms with van der Waals surface area (Å²) in [7, 11) is 0. The van der Waals surface area contributed by atoms with Gasteiger partial charge in [0.25, 0.3) is 0 Å². The van der Waals surface area contributed by atoms with Crippen LogP contribution in [0.1, 0.15) is 6.42 Å². The van der Waals surface area contributed by atoms with E-state index in [0.717, 1.165) is 4.90 Å². The fraction of sp³-hybridized carbons (Fsp3) is 0.500. The van der Waals surface area contributed by atoms with Crippen LogP contribution in [0.15, 0.2) is 12.4 Å². The number of aromatic amines is 1. The maximum Gasteiger partial charge on any atom is 0.406 e. The van der Waals surface area contributed by atoms with E-state index in [-0.39, 0.29) is 12.2 Å². The maximum atomic E-state index is 12.9. The van der Waals surface area contributed by atoms with Crippen LogP contribution in [0.5, 0.6) is 0 Å². The summed E-state index contributed by atoms with van der Waals surface area (Å²) in [5.41, 5.74) is -2.62. The van der Waals surface area contributed by atoms with Crippen LogP contribution in [-0.2, 0) is 4.79 Å². The van der Waals surface area contributed by atoms with Gasteiger partial charge >= 0.3 is 18.2 Å². The number of hydrogen-bond acceptors (Lipinski definition) is 3. The zero-order valence-electron chi connectivity index (χ0n) is 10.1. The van der Waals surface area contributed by atoms with Crippen molar-refractivity contribution in [3.05, 3.63) is 12.4 Å². The van der Waals surface area contributed by atoms with E-state index < -0.39 is 36.6 Å². The molecule has 20 heavy (non-hydrogen) atoms. The number of H-pyrrole nitrogens is 1. The SMILES string of the molecule is O=C(Nc1cn[nH]c1)N1CCC(C(=O)O)(C(F)(F)F)C1. The van der Waals surface area contributed by atoms with Gasteiger partial charge in [-0.25, -0.2) is 4.79 Å². The number of halogens is 3. The smallest absolute Gasteiger partial charge is 0.406 e. The first-order valence-electron chi connectivity index (χ1n) is 5.61. The van der Waals surface area contributed by atoms with Crippen molar-refractivity contribution in [1.82, 2.24) is 15.1 Å². The summed E-state index contributed by atoms with van der Waals surface area (Å²) in [6.45, 7) is -1.19. The number of aromatic nitrogens is 2. The molecule has 10 heteroatoms. The Morgan fingerprint density at radius 3 is 2.65 bits per heavy atom. The van der Waals surface area contributed by atoms with Gasteiger partial charge in [0.15, 0.2) is 5.41 Å². The molecule has 3 N–H and O–H groups in total. The number of urea groups is 1. The number of carbonyl (C=O) groups excluding carboxylic acids is 1. The lowest BCUT2D eigenvalue weighted by Gasteiger charge is -2.27. The highest BCUT2D eigenvalue weighted by Crippen LogP contribution is 2.45. The normalized spacial score (nSPS) is 22.9. The van der Waals surface area contributed by atoms with E-state index in [1.165, 1.54) is 12.4 Å². The number of carboxylic acids is 1. The number of rotatable bonds is 2. The summed E-state index contributed by atoms with van der Waals surface area (Å²) >= 11 is 0. The Kier molecular flexibility index (Phi) is 3.32. The number of likely N-dealkylation sites (tertiary alicyclic amines) is 1. The molecular weight excluding hydrogens is 281 g/mol. The van der Waals surface area contributed by atoms with Crippen molar-refractivity contribution in [2.24, 2.45) is 5.41 Å². The first kappa shape index (κ1) is 14.2. The van der Waals surface area contributed by atoms with Crippen LogP contribution >= 0.6 is 0 Å². The Balaban J connectivity index is 2.11. The Hall–Kier alpha value is -2.26. The first-order chi connectivity index (χ1) is 9.26. The third-order valence-electron chi connectivity index (χ3n) is 3.26. The van der Waals surface area contributed by atoms with Gasteiger partial charge in [-0.15, -0.1) is 0 Å². The molecule has 110 valence electrons. The fourth-order valence-electron chi connectivity index (χ4n) is 2.03. The second kappa shape index (κ2) is 4.69. The molecule has 1 aliphatic rings. The molecule has 2 amide bonds. The minimum Gasteiger partial charge on any atom is -0.481 e. The number of carboxylic acid groups (broad SMARTS) is 1. The molecule has 0 bridgehead atoms. The first-order valence-corrected chi connectivity index (χ1v) is 5.61. The molecule has 0 spiro atoms. The molecule has 0 aromatic carbocycles. The summed E-state index contributed by atoms with van der Waals surface area (Å²) in [6, 6.07) is -0.793. The fourth-order valence-corrected chi connectivity index (χ4v) is 2.03. The number of aliphatic carboxylic acids is 1. The molecule has 1 fully saturated rings. The molecular formula is C10H11F3N4O3. The number of anilines is 1. The number of carbonyl (C=O) groups is 2. The van der Waals surface area contributed by atoms with Crippen LogP contribution in [0.2, 0.25) is 0 Å². The van der Waals surface area contributed by atoms with Gasteiger partial charge in [-0.1, -0.05) is 0 Å². The average Bonchev–Trinajstić information content (AvgIpc) is 2.96. The highest BCUT2D eigenvalue weighted by molar-refractivity contribution is 5.90. The quantitative estimate of drug-likeness (QED) is 0.764. The van der Waals surface area contributed by atoms with Gasteiger partial charge in [-0.3, -0.25) is 9.89 Å². The van der Waals surface area contributed by atoms with Crippen LogP contribution in [-0.4, -0.2) is 51.5 Å². The van der Waals surface area contributed by atoms with Gasteiger partial charge in [0.1, 0.15) is 0 Å². The third kappa shape index (κ3) is 2.28. The van der Waals surface area contributed by atoms with E-state index in [0.29, 0.717) is 0 Å². The predicted octanol–water partition coefficient (Wildman–Crippen LogP) is 1.28. The second-order valence-electron chi connectivity index (χ2n) is 4.47. The van der Waals surface area contributed by atoms with Gasteiger partial charge in [0.05, 0.1) is 11.9 Å². The van der Waals surface area contributed by atoms with Gasteiger partial charge in [0.2, 0.25) is 0 Å². The highest BCUT2D eigenvalue weighted by Gasteiger charge is 2.64. The largest absolute Gasteiger partial charge is 0.481 e. The topological polar surface area (TPSA) is 98.3 Å². The molecule has 1 aromatic rings. The lowest BCUT2D eigenvalue weighted by molar-refractivity contribution is -0.226. The third-order valence-corrected chi connectivity index (χ3v) is 3.26. The van der Waals surface area contributed by atoms with Crippen LogP contribution in [0, 0.1) is 5.41 Å². The van der Waals surface area contributed by atoms with E-state index in [4.69, 9.17) is 5.11 Å².